The van der Waals surface area contributed by atoms with Gasteiger partial charge in [0.2, 0.25) is 0 Å². The van der Waals surface area contributed by atoms with Crippen LogP contribution >= 0.6 is 0 Å². The van der Waals surface area contributed by atoms with Crippen molar-refractivity contribution >= 4 is 0 Å². The number of nitrogens with zero attached hydrogens (tertiary/aromatic N) is 7. The van der Waals surface area contributed by atoms with Crippen molar-refractivity contribution in [1.29, 1.82) is 5.26 Å². The van der Waals surface area contributed by atoms with Crippen molar-refractivity contribution in [2.24, 2.45) is 0 Å². The van der Waals surface area contributed by atoms with E-state index in [0.717, 1.165) is 39.6 Å². The second-order valence-corrected chi connectivity index (χ2v) is 7.33. The second-order valence-electron chi connectivity index (χ2n) is 7.33. The first-order chi connectivity index (χ1) is 16.0. The molecule has 3 heterocycles. The Morgan fingerprint density at radius 2 is 1.35 bits per heavy atom. The van der Waals surface area contributed by atoms with Crippen LogP contribution in [0.4, 0.5) is 0 Å². The van der Waals surface area contributed by atoms with E-state index in [1.165, 1.54) is 0 Å². The van der Waals surface area contributed by atoms with Gasteiger partial charge in [-0.3, -0.25) is 14.0 Å². The van der Waals surface area contributed by atoms with E-state index in [4.69, 9.17) is 11.8 Å². The van der Waals surface area contributed by atoms with Gasteiger partial charge in [-0.15, -0.1) is 23.3 Å². The van der Waals surface area contributed by atoms with Crippen LogP contribution in [-0.2, 0) is 20.1 Å². The Morgan fingerprint density at radius 3 is 1.76 bits per heavy atom. The smallest absolute Gasteiger partial charge is 0.512 e. The zero-order valence-electron chi connectivity index (χ0n) is 19.4. The van der Waals surface area contributed by atoms with Gasteiger partial charge in [-0.2, -0.15) is 45.6 Å². The van der Waals surface area contributed by atoms with Gasteiger partial charge in [-0.05, 0) is 49.1 Å². The monoisotopic (exact) mass is 627 g/mol. The molecule has 0 spiro atoms. The molecule has 0 saturated heterocycles. The van der Waals surface area contributed by atoms with Crippen LogP contribution in [0.25, 0.3) is 17.1 Å². The van der Waals surface area contributed by atoms with Gasteiger partial charge in [0.1, 0.15) is 0 Å². The summed E-state index contributed by atoms with van der Waals surface area (Å²) in [5.41, 5.74) is 7.19. The van der Waals surface area contributed by atoms with E-state index in [0.29, 0.717) is 0 Å². The van der Waals surface area contributed by atoms with E-state index in [-0.39, 0.29) is 20.1 Å². The van der Waals surface area contributed by atoms with Crippen LogP contribution in [0.5, 0.6) is 0 Å². The van der Waals surface area contributed by atoms with Crippen molar-refractivity contribution in [3.8, 4) is 17.1 Å². The Morgan fingerprint density at radius 1 is 0.765 bits per heavy atom. The van der Waals surface area contributed by atoms with E-state index in [1.54, 1.807) is 10.9 Å². The minimum Gasteiger partial charge on any atom is -0.512 e. The topological polar surface area (TPSA) is 77.2 Å². The van der Waals surface area contributed by atoms with E-state index < -0.39 is 0 Å². The molecule has 0 unspecified atom stereocenters. The van der Waals surface area contributed by atoms with Crippen molar-refractivity contribution in [3.63, 3.8) is 0 Å². The molecule has 34 heavy (non-hydrogen) atoms. The Kier molecular flexibility index (Phi) is 9.69. The van der Waals surface area contributed by atoms with Gasteiger partial charge < -0.3 is 11.8 Å². The first kappa shape index (κ1) is 26.5. The van der Waals surface area contributed by atoms with Crippen LogP contribution < -0.4 is 0 Å². The molecule has 0 bridgehead atoms. The predicted octanol–water partition coefficient (Wildman–Crippen LogP) is 4.86. The molecule has 0 saturated carbocycles. The number of aryl methyl sites for hydroxylation is 4. The van der Waals surface area contributed by atoms with Crippen LogP contribution in [0.1, 0.15) is 22.5 Å². The zero-order chi connectivity index (χ0) is 23.8. The summed E-state index contributed by atoms with van der Waals surface area (Å²) in [5, 5.41) is 19.3. The molecular formula is C26H24IrN7. The van der Waals surface area contributed by atoms with E-state index in [1.807, 2.05) is 84.3 Å². The minimum absolute atomic E-state index is 0. The molecule has 5 rings (SSSR count). The van der Waals surface area contributed by atoms with Gasteiger partial charge in [0, 0.05) is 24.8 Å². The average molecular weight is 627 g/mol. The Hall–Kier alpha value is -3.79. The summed E-state index contributed by atoms with van der Waals surface area (Å²) in [4.78, 5) is 0. The normalized spacial score (nSPS) is 9.71. The third-order valence-electron chi connectivity index (χ3n) is 4.76. The van der Waals surface area contributed by atoms with E-state index in [2.05, 4.69) is 47.3 Å². The van der Waals surface area contributed by atoms with Crippen molar-refractivity contribution in [3.05, 3.63) is 115 Å². The number of rotatable bonds is 3. The average Bonchev–Trinajstić information content (AvgIpc) is 3.59. The van der Waals surface area contributed by atoms with Crippen molar-refractivity contribution in [1.82, 2.24) is 29.3 Å². The fourth-order valence-corrected chi connectivity index (χ4v) is 3.26. The fourth-order valence-electron chi connectivity index (χ4n) is 3.26. The van der Waals surface area contributed by atoms with Crippen LogP contribution in [0.2, 0.25) is 0 Å². The molecule has 0 atom stereocenters. The van der Waals surface area contributed by atoms with Gasteiger partial charge in [0.25, 0.3) is 0 Å². The maximum atomic E-state index is 6.25. The minimum atomic E-state index is 0. The summed E-state index contributed by atoms with van der Waals surface area (Å²) in [6.45, 7) is 12.9. The van der Waals surface area contributed by atoms with Gasteiger partial charge in [-0.1, -0.05) is 13.8 Å². The third-order valence-corrected chi connectivity index (χ3v) is 4.76. The summed E-state index contributed by atoms with van der Waals surface area (Å²) in [7, 11) is 0. The van der Waals surface area contributed by atoms with Gasteiger partial charge in [0.15, 0.2) is 0 Å². The Balaban J connectivity index is 0.000000248. The number of hydrogen-bond acceptors (Lipinski definition) is 4. The molecule has 0 N–H and O–H groups in total. The van der Waals surface area contributed by atoms with Crippen LogP contribution in [0.15, 0.2) is 73.3 Å². The molecular weight excluding hydrogens is 603 g/mol. The molecule has 0 aliphatic rings. The zero-order valence-corrected chi connectivity index (χ0v) is 21.8. The number of hydrogen-bond donors (Lipinski definition) is 0. The first-order valence-electron chi connectivity index (χ1n) is 10.3. The number of benzene rings is 2. The van der Waals surface area contributed by atoms with Crippen LogP contribution in [0.3, 0.4) is 0 Å². The Labute approximate surface area is 213 Å². The Bertz CT molecular complexity index is 1250. The molecule has 5 aromatic rings. The molecule has 7 nitrogen and oxygen atoms in total. The summed E-state index contributed by atoms with van der Waals surface area (Å²) >= 11 is 0. The molecule has 0 radical (unpaired) electrons. The first-order valence-corrected chi connectivity index (χ1v) is 10.3. The molecule has 0 aliphatic heterocycles. The van der Waals surface area contributed by atoms with Crippen molar-refractivity contribution < 1.29 is 20.1 Å². The summed E-state index contributed by atoms with van der Waals surface area (Å²) < 4.78 is 5.51. The van der Waals surface area contributed by atoms with Crippen molar-refractivity contribution in [2.75, 3.05) is 0 Å². The SMILES string of the molecule is Cc1ccn(-c2[c-]c(-n3ccc(C)n3)c(C)cc2C)n1.[C-]#N.[Ir+3].[c-]1ccccc1-n1cccn1. The largest absolute Gasteiger partial charge is 3.00 e. The molecule has 172 valence electrons. The summed E-state index contributed by atoms with van der Waals surface area (Å²) in [6, 6.07) is 22.3. The molecule has 0 fully saturated rings. The van der Waals surface area contributed by atoms with Crippen molar-refractivity contribution in [2.45, 2.75) is 27.7 Å². The van der Waals surface area contributed by atoms with Crippen LogP contribution in [-0.4, -0.2) is 29.3 Å². The molecule has 3 aromatic heterocycles. The molecule has 8 heteroatoms. The molecule has 0 aliphatic carbocycles. The summed E-state index contributed by atoms with van der Waals surface area (Å²) in [6.07, 6.45) is 7.57. The maximum absolute atomic E-state index is 6.25. The van der Waals surface area contributed by atoms with Gasteiger partial charge in [-0.25, -0.2) is 0 Å². The van der Waals surface area contributed by atoms with E-state index in [9.17, 15) is 0 Å². The summed E-state index contributed by atoms with van der Waals surface area (Å²) in [5.74, 6) is 0. The fraction of sp³-hybridized carbons (Fsp3) is 0.154. The second kappa shape index (κ2) is 12.4. The third kappa shape index (κ3) is 6.38. The maximum Gasteiger partial charge on any atom is 3.00 e. The van der Waals surface area contributed by atoms with Crippen LogP contribution in [0, 0.1) is 51.7 Å². The van der Waals surface area contributed by atoms with E-state index >= 15 is 0 Å². The predicted molar refractivity (Wildman–Crippen MR) is 126 cm³/mol. The standard InChI is InChI=1S/C16H17N4.C9H7N2.CN.Ir/c1-11-9-12(2)16(20-8-6-14(4)18-20)10-15(11)19-7-5-13(3)17-19;1-2-5-9(6-3-1)11-8-4-7-10-11;1-2;/h5-9H,1-4H3;1-5,7-8H;;/q3*-1;+3. The molecule has 2 aromatic carbocycles. The quantitative estimate of drug-likeness (QED) is 0.268. The number of aromatic nitrogens is 6. The van der Waals surface area contributed by atoms with Gasteiger partial charge in [0.05, 0.1) is 11.4 Å². The van der Waals surface area contributed by atoms with Gasteiger partial charge >= 0.3 is 20.1 Å². The molecule has 0 amide bonds. The number of para-hydroxylation sites is 1.